The van der Waals surface area contributed by atoms with Crippen LogP contribution in [-0.2, 0) is 4.74 Å². The van der Waals surface area contributed by atoms with Crippen LogP contribution in [0.3, 0.4) is 0 Å². The first-order chi connectivity index (χ1) is 8.07. The van der Waals surface area contributed by atoms with Gasteiger partial charge in [-0.25, -0.2) is 4.79 Å². The fraction of sp³-hybridized carbons (Fsp3) is 0.917. The van der Waals surface area contributed by atoms with E-state index in [1.54, 1.807) is 0 Å². The molecule has 1 saturated carbocycles. The molecule has 2 fully saturated rings. The van der Waals surface area contributed by atoms with Crippen LogP contribution in [-0.4, -0.2) is 43.0 Å². The number of aliphatic hydroxyl groups excluding tert-OH is 1. The Hall–Kier alpha value is -0.810. The Balaban J connectivity index is 1.80. The topological polar surface area (TPSA) is 70.6 Å². The number of ether oxygens (including phenoxy) is 1. The maximum Gasteiger partial charge on any atom is 0.315 e. The zero-order valence-corrected chi connectivity index (χ0v) is 10.5. The lowest BCUT2D eigenvalue weighted by atomic mass is 9.57. The van der Waals surface area contributed by atoms with E-state index in [-0.39, 0.29) is 24.1 Å². The molecule has 0 radical (unpaired) electrons. The number of fused-ring (bicyclic) bond motifs is 1. The molecule has 0 aromatic carbocycles. The van der Waals surface area contributed by atoms with Gasteiger partial charge in [-0.1, -0.05) is 13.8 Å². The van der Waals surface area contributed by atoms with Gasteiger partial charge < -0.3 is 20.5 Å². The molecule has 1 aliphatic heterocycles. The van der Waals surface area contributed by atoms with Crippen molar-refractivity contribution in [1.29, 1.82) is 0 Å². The van der Waals surface area contributed by atoms with Crippen LogP contribution in [0.25, 0.3) is 0 Å². The van der Waals surface area contributed by atoms with E-state index in [9.17, 15) is 4.79 Å². The van der Waals surface area contributed by atoms with E-state index in [0.717, 1.165) is 13.0 Å². The lowest BCUT2D eigenvalue weighted by Gasteiger charge is -2.54. The van der Waals surface area contributed by atoms with Gasteiger partial charge in [0, 0.05) is 37.1 Å². The van der Waals surface area contributed by atoms with E-state index in [2.05, 4.69) is 24.5 Å². The summed E-state index contributed by atoms with van der Waals surface area (Å²) in [5, 5.41) is 14.4. The summed E-state index contributed by atoms with van der Waals surface area (Å²) in [6.45, 7) is 5.70. The minimum atomic E-state index is -0.137. The van der Waals surface area contributed by atoms with Crippen molar-refractivity contribution in [2.45, 2.75) is 38.8 Å². The summed E-state index contributed by atoms with van der Waals surface area (Å²) in [6, 6.07) is 0.0611. The normalized spacial score (nSPS) is 33.7. The van der Waals surface area contributed by atoms with Crippen LogP contribution in [0.4, 0.5) is 4.79 Å². The third-order valence-corrected chi connectivity index (χ3v) is 4.01. The van der Waals surface area contributed by atoms with Crippen LogP contribution < -0.4 is 10.6 Å². The van der Waals surface area contributed by atoms with Crippen LogP contribution in [0.2, 0.25) is 0 Å². The minimum Gasteiger partial charge on any atom is -0.396 e. The Kier molecular flexibility index (Phi) is 3.58. The quantitative estimate of drug-likeness (QED) is 0.628. The molecule has 2 aliphatic rings. The minimum absolute atomic E-state index is 0.0233. The first-order valence-electron chi connectivity index (χ1n) is 6.34. The summed E-state index contributed by atoms with van der Waals surface area (Å²) >= 11 is 0. The van der Waals surface area contributed by atoms with Gasteiger partial charge in [-0.05, 0) is 12.8 Å². The number of carbonyl (C=O) groups is 1. The molecule has 5 heteroatoms. The van der Waals surface area contributed by atoms with Crippen molar-refractivity contribution in [2.75, 3.05) is 19.8 Å². The van der Waals surface area contributed by atoms with E-state index in [4.69, 9.17) is 9.84 Å². The van der Waals surface area contributed by atoms with Crippen molar-refractivity contribution in [2.24, 2.45) is 11.3 Å². The number of urea groups is 1. The molecule has 98 valence electrons. The number of carbonyl (C=O) groups excluding carboxylic acids is 1. The van der Waals surface area contributed by atoms with Gasteiger partial charge in [0.2, 0.25) is 0 Å². The summed E-state index contributed by atoms with van der Waals surface area (Å²) in [5.74, 6) is 0.466. The highest BCUT2D eigenvalue weighted by atomic mass is 16.5. The second-order valence-corrected chi connectivity index (χ2v) is 5.52. The molecule has 3 N–H and O–H groups in total. The average molecular weight is 242 g/mol. The smallest absolute Gasteiger partial charge is 0.315 e. The molecule has 2 amide bonds. The monoisotopic (exact) mass is 242 g/mol. The van der Waals surface area contributed by atoms with Crippen molar-refractivity contribution in [3.05, 3.63) is 0 Å². The Morgan fingerprint density at radius 3 is 3.00 bits per heavy atom. The van der Waals surface area contributed by atoms with Crippen molar-refractivity contribution in [1.82, 2.24) is 10.6 Å². The van der Waals surface area contributed by atoms with Gasteiger partial charge >= 0.3 is 6.03 Å². The molecule has 1 aliphatic carbocycles. The molecular formula is C12H22N2O3. The number of hydrogen-bond acceptors (Lipinski definition) is 3. The van der Waals surface area contributed by atoms with Crippen LogP contribution in [0, 0.1) is 11.3 Å². The average Bonchev–Trinajstić information content (AvgIpc) is 2.73. The standard InChI is InChI=1S/C12H22N2O3/c1-12(2)9(8-4-7-17-10(8)12)14-11(16)13-5-3-6-15/h8-10,15H,3-7H2,1-2H3,(H2,13,14,16). The highest BCUT2D eigenvalue weighted by molar-refractivity contribution is 5.74. The zero-order chi connectivity index (χ0) is 12.5. The third kappa shape index (κ3) is 2.26. The first kappa shape index (κ1) is 12.6. The Bertz CT molecular complexity index is 293. The predicted molar refractivity (Wildman–Crippen MR) is 63.7 cm³/mol. The maximum atomic E-state index is 11.7. The SMILES string of the molecule is CC1(C)C(NC(=O)NCCCO)C2CCOC21. The fourth-order valence-electron chi connectivity index (χ4n) is 3.09. The molecule has 0 bridgehead atoms. The number of hydrogen-bond donors (Lipinski definition) is 3. The van der Waals surface area contributed by atoms with Gasteiger partial charge in [0.1, 0.15) is 0 Å². The summed E-state index contributed by atoms with van der Waals surface area (Å²) in [6.07, 6.45) is 1.93. The van der Waals surface area contributed by atoms with Gasteiger partial charge in [-0.15, -0.1) is 0 Å². The van der Waals surface area contributed by atoms with E-state index < -0.39 is 0 Å². The molecule has 0 aromatic heterocycles. The molecule has 2 rings (SSSR count). The summed E-state index contributed by atoms with van der Waals surface area (Å²) in [7, 11) is 0. The molecule has 5 nitrogen and oxygen atoms in total. The summed E-state index contributed by atoms with van der Waals surface area (Å²) in [5.41, 5.74) is 0.0233. The Morgan fingerprint density at radius 1 is 1.53 bits per heavy atom. The van der Waals surface area contributed by atoms with Gasteiger partial charge in [0.05, 0.1) is 6.10 Å². The summed E-state index contributed by atoms with van der Waals surface area (Å²) in [4.78, 5) is 11.7. The molecule has 3 unspecified atom stereocenters. The Morgan fingerprint density at radius 2 is 2.29 bits per heavy atom. The molecule has 17 heavy (non-hydrogen) atoms. The lowest BCUT2D eigenvalue weighted by Crippen LogP contribution is -2.67. The van der Waals surface area contributed by atoms with Crippen molar-refractivity contribution < 1.29 is 14.6 Å². The number of nitrogens with one attached hydrogen (secondary N) is 2. The fourth-order valence-corrected chi connectivity index (χ4v) is 3.09. The van der Waals surface area contributed by atoms with E-state index >= 15 is 0 Å². The molecule has 1 heterocycles. The van der Waals surface area contributed by atoms with Crippen LogP contribution >= 0.6 is 0 Å². The maximum absolute atomic E-state index is 11.7. The highest BCUT2D eigenvalue weighted by Crippen LogP contribution is 2.51. The number of aliphatic hydroxyl groups is 1. The van der Waals surface area contributed by atoms with Gasteiger partial charge in [-0.3, -0.25) is 0 Å². The van der Waals surface area contributed by atoms with E-state index in [1.165, 1.54) is 0 Å². The van der Waals surface area contributed by atoms with Gasteiger partial charge in [0.25, 0.3) is 0 Å². The van der Waals surface area contributed by atoms with Gasteiger partial charge in [0.15, 0.2) is 0 Å². The van der Waals surface area contributed by atoms with Gasteiger partial charge in [-0.2, -0.15) is 0 Å². The van der Waals surface area contributed by atoms with Crippen molar-refractivity contribution in [3.8, 4) is 0 Å². The predicted octanol–water partition coefficient (Wildman–Crippen LogP) is 0.481. The van der Waals surface area contributed by atoms with Crippen molar-refractivity contribution >= 4 is 6.03 Å². The van der Waals surface area contributed by atoms with Crippen molar-refractivity contribution in [3.63, 3.8) is 0 Å². The Labute approximate surface area is 102 Å². The number of amides is 2. The number of rotatable bonds is 4. The van der Waals surface area contributed by atoms with Crippen LogP contribution in [0.1, 0.15) is 26.7 Å². The second-order valence-electron chi connectivity index (χ2n) is 5.52. The zero-order valence-electron chi connectivity index (χ0n) is 10.5. The summed E-state index contributed by atoms with van der Waals surface area (Å²) < 4.78 is 5.67. The highest BCUT2D eigenvalue weighted by Gasteiger charge is 2.59. The lowest BCUT2D eigenvalue weighted by molar-refractivity contribution is -0.108. The molecular weight excluding hydrogens is 220 g/mol. The van der Waals surface area contributed by atoms with Crippen LogP contribution in [0.5, 0.6) is 0 Å². The third-order valence-electron chi connectivity index (χ3n) is 4.01. The van der Waals surface area contributed by atoms with E-state index in [1.807, 2.05) is 0 Å². The molecule has 0 aromatic rings. The molecule has 3 atom stereocenters. The largest absolute Gasteiger partial charge is 0.396 e. The second kappa shape index (κ2) is 4.82. The molecule has 0 spiro atoms. The van der Waals surface area contributed by atoms with E-state index in [0.29, 0.717) is 25.0 Å². The molecule has 1 saturated heterocycles. The first-order valence-corrected chi connectivity index (χ1v) is 6.34. The van der Waals surface area contributed by atoms with Crippen LogP contribution in [0.15, 0.2) is 0 Å².